The van der Waals surface area contributed by atoms with Crippen LogP contribution in [0.4, 0.5) is 0 Å². The number of aromatic nitrogens is 2. The highest BCUT2D eigenvalue weighted by Gasteiger charge is 2.29. The van der Waals surface area contributed by atoms with Crippen molar-refractivity contribution in [1.29, 1.82) is 0 Å². The van der Waals surface area contributed by atoms with Gasteiger partial charge in [-0.25, -0.2) is 9.98 Å². The second-order valence-electron chi connectivity index (χ2n) is 11.6. The van der Waals surface area contributed by atoms with Crippen molar-refractivity contribution in [2.24, 2.45) is 10.9 Å². The van der Waals surface area contributed by atoms with Crippen molar-refractivity contribution in [1.82, 2.24) is 9.55 Å². The lowest BCUT2D eigenvalue weighted by molar-refractivity contribution is 0.240. The Morgan fingerprint density at radius 3 is 2.45 bits per heavy atom. The van der Waals surface area contributed by atoms with Gasteiger partial charge in [-0.2, -0.15) is 0 Å². The minimum atomic E-state index is 0.281. The smallest absolute Gasteiger partial charge is 0.216 e. The van der Waals surface area contributed by atoms with Gasteiger partial charge in [0.1, 0.15) is 23.8 Å². The van der Waals surface area contributed by atoms with Crippen molar-refractivity contribution >= 4 is 27.8 Å². The van der Waals surface area contributed by atoms with Gasteiger partial charge in [-0.15, -0.1) is 0 Å². The van der Waals surface area contributed by atoms with E-state index in [4.69, 9.17) is 19.5 Å². The van der Waals surface area contributed by atoms with Crippen LogP contribution in [0.5, 0.6) is 11.5 Å². The topological polar surface area (TPSA) is 48.6 Å². The van der Waals surface area contributed by atoms with Crippen LogP contribution in [-0.4, -0.2) is 28.1 Å². The highest BCUT2D eigenvalue weighted by atomic mass is 16.5. The third-order valence-electron chi connectivity index (χ3n) is 8.38. The van der Waals surface area contributed by atoms with Gasteiger partial charge in [0, 0.05) is 28.6 Å². The second-order valence-corrected chi connectivity index (χ2v) is 11.6. The van der Waals surface area contributed by atoms with E-state index in [-0.39, 0.29) is 6.04 Å². The number of benzene rings is 3. The summed E-state index contributed by atoms with van der Waals surface area (Å²) in [4.78, 5) is 9.80. The zero-order valence-electron chi connectivity index (χ0n) is 23.5. The number of fused-ring (bicyclic) bond motifs is 3. The van der Waals surface area contributed by atoms with Gasteiger partial charge in [0.15, 0.2) is 0 Å². The zero-order valence-corrected chi connectivity index (χ0v) is 23.5. The van der Waals surface area contributed by atoms with Crippen LogP contribution in [-0.2, 0) is 4.74 Å². The first-order valence-corrected chi connectivity index (χ1v) is 14.5. The molecule has 1 aliphatic heterocycles. The van der Waals surface area contributed by atoms with Crippen LogP contribution < -0.4 is 4.74 Å². The molecule has 0 spiro atoms. The van der Waals surface area contributed by atoms with Gasteiger partial charge < -0.3 is 9.47 Å². The summed E-state index contributed by atoms with van der Waals surface area (Å²) >= 11 is 0. The Bertz CT molecular complexity index is 1760. The van der Waals surface area contributed by atoms with Crippen LogP contribution in [0.15, 0.2) is 77.9 Å². The lowest BCUT2D eigenvalue weighted by Gasteiger charge is -2.24. The molecule has 1 fully saturated rings. The number of hydrogen-bond acceptors (Lipinski definition) is 4. The van der Waals surface area contributed by atoms with Gasteiger partial charge in [0.25, 0.3) is 0 Å². The van der Waals surface area contributed by atoms with Crippen molar-refractivity contribution in [3.05, 3.63) is 95.2 Å². The molecular formula is C35H35N3O2. The number of nitrogens with zero attached hydrogens (tertiary/aromatic N) is 3. The lowest BCUT2D eigenvalue weighted by Crippen LogP contribution is -2.22. The van der Waals surface area contributed by atoms with E-state index in [0.29, 0.717) is 12.5 Å². The number of ether oxygens (including phenoxy) is 2. The molecule has 1 aliphatic carbocycles. The maximum Gasteiger partial charge on any atom is 0.216 e. The first-order valence-electron chi connectivity index (χ1n) is 14.5. The predicted molar refractivity (Wildman–Crippen MR) is 162 cm³/mol. The van der Waals surface area contributed by atoms with Crippen molar-refractivity contribution in [2.75, 3.05) is 6.61 Å². The van der Waals surface area contributed by atoms with E-state index in [1.54, 1.807) is 0 Å². The molecular weight excluding hydrogens is 494 g/mol. The molecule has 2 aromatic heterocycles. The van der Waals surface area contributed by atoms with E-state index in [1.807, 2.05) is 12.3 Å². The molecule has 5 nitrogen and oxygen atoms in total. The Hall–Kier alpha value is -4.12. The average molecular weight is 530 g/mol. The summed E-state index contributed by atoms with van der Waals surface area (Å²) in [6.45, 7) is 7.03. The van der Waals surface area contributed by atoms with E-state index in [9.17, 15) is 0 Å². The summed E-state index contributed by atoms with van der Waals surface area (Å²) in [6, 6.07) is 23.7. The number of rotatable bonds is 5. The van der Waals surface area contributed by atoms with Gasteiger partial charge in [0.2, 0.25) is 5.90 Å². The van der Waals surface area contributed by atoms with E-state index in [0.717, 1.165) is 56.3 Å². The first-order chi connectivity index (χ1) is 19.5. The Kier molecular flexibility index (Phi) is 6.30. The molecule has 1 saturated carbocycles. The lowest BCUT2D eigenvalue weighted by atomic mass is 9.84. The fourth-order valence-corrected chi connectivity index (χ4v) is 6.51. The number of hydrogen-bond donors (Lipinski definition) is 0. The molecule has 0 saturated heterocycles. The maximum atomic E-state index is 6.52. The Balaban J connectivity index is 1.23. The Morgan fingerprint density at radius 2 is 1.60 bits per heavy atom. The van der Waals surface area contributed by atoms with Crippen LogP contribution >= 0.6 is 0 Å². The van der Waals surface area contributed by atoms with Crippen molar-refractivity contribution in [2.45, 2.75) is 58.9 Å². The summed E-state index contributed by atoms with van der Waals surface area (Å²) in [7, 11) is 0. The van der Waals surface area contributed by atoms with Crippen LogP contribution in [0.25, 0.3) is 27.6 Å². The highest BCUT2D eigenvalue weighted by molar-refractivity contribution is 6.08. The highest BCUT2D eigenvalue weighted by Crippen LogP contribution is 2.35. The molecule has 5 aromatic rings. The molecule has 3 aromatic carbocycles. The first kappa shape index (κ1) is 24.9. The largest absolute Gasteiger partial charge is 0.475 e. The fourth-order valence-electron chi connectivity index (χ4n) is 6.51. The van der Waals surface area contributed by atoms with Crippen molar-refractivity contribution in [3.8, 4) is 17.2 Å². The van der Waals surface area contributed by atoms with Gasteiger partial charge in [-0.3, -0.25) is 4.57 Å². The van der Waals surface area contributed by atoms with Gasteiger partial charge in [0.05, 0.1) is 17.2 Å². The number of aryl methyl sites for hydroxylation is 3. The third-order valence-corrected chi connectivity index (χ3v) is 8.38. The quantitative estimate of drug-likeness (QED) is 0.229. The molecule has 202 valence electrons. The van der Waals surface area contributed by atoms with Crippen LogP contribution in [0.3, 0.4) is 0 Å². The van der Waals surface area contributed by atoms with Gasteiger partial charge in [-0.05, 0) is 105 Å². The van der Waals surface area contributed by atoms with E-state index < -0.39 is 0 Å². The molecule has 3 heterocycles. The van der Waals surface area contributed by atoms with Crippen LogP contribution in [0.2, 0.25) is 0 Å². The summed E-state index contributed by atoms with van der Waals surface area (Å²) in [5, 5.41) is 2.36. The van der Waals surface area contributed by atoms with E-state index >= 15 is 0 Å². The second kappa shape index (κ2) is 10.1. The zero-order chi connectivity index (χ0) is 27.2. The SMILES string of the molecule is Cc1cc(Oc2cc(C)cc(-n3c4ccc(C)cc4c4cccnc43)c2)cc(C2=N[C@H](C3CCCCC3)CO2)c1. The molecule has 0 bridgehead atoms. The molecule has 7 rings (SSSR count). The standard InChI is InChI=1S/C35H35N3O2/c1-22-11-12-33-31(18-22)30-10-7-13-36-34(30)38(33)27-15-24(3)17-29(20-27)40-28-16-23(2)14-26(19-28)35-37-32(21-39-35)25-8-5-4-6-9-25/h7,10-20,25,32H,4-6,8-9,21H2,1-3H3/t32-/m0/s1. The minimum Gasteiger partial charge on any atom is -0.475 e. The summed E-state index contributed by atoms with van der Waals surface area (Å²) in [5.41, 5.74) is 7.58. The fraction of sp³-hybridized carbons (Fsp3) is 0.314. The summed E-state index contributed by atoms with van der Waals surface area (Å²) in [5.74, 6) is 2.98. The molecule has 0 amide bonds. The van der Waals surface area contributed by atoms with E-state index in [1.165, 1.54) is 43.1 Å². The monoisotopic (exact) mass is 529 g/mol. The predicted octanol–water partition coefficient (Wildman–Crippen LogP) is 8.62. The molecule has 2 aliphatic rings. The molecule has 0 unspecified atom stereocenters. The van der Waals surface area contributed by atoms with Crippen LogP contribution in [0.1, 0.15) is 54.4 Å². The molecule has 0 radical (unpaired) electrons. The van der Waals surface area contributed by atoms with E-state index in [2.05, 4.69) is 86.0 Å². The normalized spacial score (nSPS) is 17.8. The number of aliphatic imine (C=N–C) groups is 1. The average Bonchev–Trinajstić information content (AvgIpc) is 3.56. The third kappa shape index (κ3) is 4.64. The maximum absolute atomic E-state index is 6.52. The van der Waals surface area contributed by atoms with Gasteiger partial charge >= 0.3 is 0 Å². The molecule has 0 N–H and O–H groups in total. The molecule has 1 atom stereocenters. The molecule has 5 heteroatoms. The van der Waals surface area contributed by atoms with Gasteiger partial charge in [-0.1, -0.05) is 30.9 Å². The minimum absolute atomic E-state index is 0.281. The molecule has 40 heavy (non-hydrogen) atoms. The Morgan fingerprint density at radius 1 is 0.800 bits per heavy atom. The van der Waals surface area contributed by atoms with Crippen molar-refractivity contribution < 1.29 is 9.47 Å². The number of pyridine rings is 1. The van der Waals surface area contributed by atoms with Crippen LogP contribution in [0, 0.1) is 26.7 Å². The summed E-state index contributed by atoms with van der Waals surface area (Å²) in [6.07, 6.45) is 8.38. The van der Waals surface area contributed by atoms with Crippen molar-refractivity contribution in [3.63, 3.8) is 0 Å². The summed E-state index contributed by atoms with van der Waals surface area (Å²) < 4.78 is 14.9. The Labute approximate surface area is 235 Å².